The summed E-state index contributed by atoms with van der Waals surface area (Å²) >= 11 is 0. The number of nitrogens with one attached hydrogen (secondary N) is 3. The summed E-state index contributed by atoms with van der Waals surface area (Å²) in [5.41, 5.74) is 3.20. The molecule has 0 aliphatic carbocycles. The zero-order chi connectivity index (χ0) is 24.5. The Bertz CT molecular complexity index is 1550. The number of nitrogens with zero attached hydrogens (tertiary/aromatic N) is 5. The van der Waals surface area contributed by atoms with Gasteiger partial charge in [0.05, 0.1) is 42.0 Å². The number of aromatic nitrogens is 7. The summed E-state index contributed by atoms with van der Waals surface area (Å²) in [7, 11) is 1.58. The van der Waals surface area contributed by atoms with Crippen LogP contribution in [0.3, 0.4) is 0 Å². The molecule has 3 N–H and O–H groups in total. The molecule has 11 nitrogen and oxygen atoms in total. The molecule has 35 heavy (non-hydrogen) atoms. The Morgan fingerprint density at radius 2 is 1.91 bits per heavy atom. The maximum atomic E-state index is 13.4. The fraction of sp³-hybridized carbons (Fsp3) is 0.292. The van der Waals surface area contributed by atoms with Crippen LogP contribution in [-0.2, 0) is 6.54 Å². The molecule has 0 saturated carbocycles. The van der Waals surface area contributed by atoms with Gasteiger partial charge in [0.1, 0.15) is 22.7 Å². The number of imidazole rings is 1. The van der Waals surface area contributed by atoms with E-state index in [-0.39, 0.29) is 11.6 Å². The normalized spacial score (nSPS) is 12.2. The van der Waals surface area contributed by atoms with E-state index >= 15 is 0 Å². The van der Waals surface area contributed by atoms with Crippen molar-refractivity contribution in [3.8, 4) is 22.9 Å². The molecule has 0 unspecified atom stereocenters. The van der Waals surface area contributed by atoms with Crippen molar-refractivity contribution < 1.29 is 9.47 Å². The van der Waals surface area contributed by atoms with E-state index in [1.54, 1.807) is 36.3 Å². The van der Waals surface area contributed by atoms with Gasteiger partial charge in [-0.2, -0.15) is 5.10 Å². The van der Waals surface area contributed by atoms with Crippen LogP contribution in [0.1, 0.15) is 32.6 Å². The molecule has 1 aromatic carbocycles. The summed E-state index contributed by atoms with van der Waals surface area (Å²) in [6.45, 7) is 6.98. The molecule has 180 valence electrons. The third-order valence-corrected chi connectivity index (χ3v) is 5.69. The largest absolute Gasteiger partial charge is 0.493 e. The molecule has 4 aromatic heterocycles. The third kappa shape index (κ3) is 4.05. The second-order valence-electron chi connectivity index (χ2n) is 7.96. The molecule has 0 bridgehead atoms. The van der Waals surface area contributed by atoms with Crippen molar-refractivity contribution in [1.29, 1.82) is 0 Å². The minimum Gasteiger partial charge on any atom is -0.493 e. The molecule has 0 radical (unpaired) electrons. The van der Waals surface area contributed by atoms with Crippen molar-refractivity contribution in [3.05, 3.63) is 53.0 Å². The van der Waals surface area contributed by atoms with E-state index in [1.807, 2.05) is 33.0 Å². The van der Waals surface area contributed by atoms with E-state index < -0.39 is 0 Å². The van der Waals surface area contributed by atoms with Gasteiger partial charge in [0.15, 0.2) is 11.5 Å². The molecular weight excluding hydrogens is 448 g/mol. The SMILES string of the molecule is CCOc1cc2[nH]c(-c3c(N[C@@H](C)c4ncccn4)c4nn(CC)cc4[nH]c3=O)nc2cc1OC. The van der Waals surface area contributed by atoms with Crippen LogP contribution in [0.15, 0.2) is 41.6 Å². The van der Waals surface area contributed by atoms with Gasteiger partial charge in [-0.25, -0.2) is 15.0 Å². The lowest BCUT2D eigenvalue weighted by molar-refractivity contribution is 0.311. The van der Waals surface area contributed by atoms with Crippen LogP contribution in [0.2, 0.25) is 0 Å². The molecule has 1 atom stereocenters. The third-order valence-electron chi connectivity index (χ3n) is 5.69. The monoisotopic (exact) mass is 474 g/mol. The van der Waals surface area contributed by atoms with Crippen molar-refractivity contribution in [2.75, 3.05) is 19.0 Å². The number of pyridine rings is 1. The average Bonchev–Trinajstić information content (AvgIpc) is 3.47. The topological polar surface area (TPSA) is 136 Å². The minimum atomic E-state index is -0.298. The Morgan fingerprint density at radius 1 is 1.11 bits per heavy atom. The molecule has 0 saturated heterocycles. The van der Waals surface area contributed by atoms with Crippen molar-refractivity contribution >= 4 is 27.8 Å². The van der Waals surface area contributed by atoms with Crippen LogP contribution in [-0.4, -0.2) is 48.4 Å². The van der Waals surface area contributed by atoms with Crippen LogP contribution in [0.5, 0.6) is 11.5 Å². The van der Waals surface area contributed by atoms with Gasteiger partial charge in [0.25, 0.3) is 5.56 Å². The van der Waals surface area contributed by atoms with Gasteiger partial charge in [0, 0.05) is 37.3 Å². The summed E-state index contributed by atoms with van der Waals surface area (Å²) in [5.74, 6) is 2.15. The van der Waals surface area contributed by atoms with Gasteiger partial charge in [-0.3, -0.25) is 9.48 Å². The fourth-order valence-corrected chi connectivity index (χ4v) is 4.02. The summed E-state index contributed by atoms with van der Waals surface area (Å²) in [5, 5.41) is 8.10. The molecule has 5 aromatic rings. The molecule has 11 heteroatoms. The summed E-state index contributed by atoms with van der Waals surface area (Å²) in [6.07, 6.45) is 5.18. The molecule has 0 fully saturated rings. The van der Waals surface area contributed by atoms with Crippen LogP contribution in [0.4, 0.5) is 5.69 Å². The molecule has 0 amide bonds. The number of benzene rings is 1. The van der Waals surface area contributed by atoms with Gasteiger partial charge < -0.3 is 24.8 Å². The first-order valence-corrected chi connectivity index (χ1v) is 11.4. The van der Waals surface area contributed by atoms with Crippen LogP contribution >= 0.6 is 0 Å². The first kappa shape index (κ1) is 22.4. The molecule has 0 aliphatic rings. The summed E-state index contributed by atoms with van der Waals surface area (Å²) in [4.78, 5) is 33.0. The number of methoxy groups -OCH3 is 1. The molecule has 4 heterocycles. The van der Waals surface area contributed by atoms with Crippen molar-refractivity contribution in [1.82, 2.24) is 34.7 Å². The van der Waals surface area contributed by atoms with E-state index in [9.17, 15) is 4.79 Å². The van der Waals surface area contributed by atoms with Gasteiger partial charge in [0.2, 0.25) is 0 Å². The standard InChI is InChI=1S/C24H26N8O3/c1-5-32-12-16-20(31-32)21(27-13(3)22-25-8-7-9-26-22)19(24(33)30-16)23-28-14-10-17(34-4)18(35-6-2)11-15(14)29-23/h7-13,27H,5-6H2,1-4H3,(H,28,29)(H,30,33)/t13-/m0/s1. The Labute approximate surface area is 200 Å². The maximum Gasteiger partial charge on any atom is 0.261 e. The van der Waals surface area contributed by atoms with Gasteiger partial charge in [-0.15, -0.1) is 0 Å². The minimum absolute atomic E-state index is 0.291. The number of H-pyrrole nitrogens is 2. The number of aromatic amines is 2. The maximum absolute atomic E-state index is 13.4. The number of fused-ring (bicyclic) bond motifs is 2. The van der Waals surface area contributed by atoms with Gasteiger partial charge >= 0.3 is 0 Å². The molecule has 0 aliphatic heterocycles. The second kappa shape index (κ2) is 9.09. The highest BCUT2D eigenvalue weighted by molar-refractivity contribution is 5.96. The number of hydrogen-bond donors (Lipinski definition) is 3. The van der Waals surface area contributed by atoms with Crippen LogP contribution in [0, 0.1) is 0 Å². The highest BCUT2D eigenvalue weighted by Crippen LogP contribution is 2.35. The predicted molar refractivity (Wildman–Crippen MR) is 133 cm³/mol. The number of ether oxygens (including phenoxy) is 2. The first-order chi connectivity index (χ1) is 17.0. The van der Waals surface area contributed by atoms with Gasteiger partial charge in [-0.05, 0) is 26.8 Å². The van der Waals surface area contributed by atoms with Crippen molar-refractivity contribution in [2.24, 2.45) is 0 Å². The average molecular weight is 475 g/mol. The highest BCUT2D eigenvalue weighted by Gasteiger charge is 2.23. The number of anilines is 1. The molecule has 5 rings (SSSR count). The first-order valence-electron chi connectivity index (χ1n) is 11.4. The zero-order valence-electron chi connectivity index (χ0n) is 19.9. The fourth-order valence-electron chi connectivity index (χ4n) is 4.02. The Kier molecular flexibility index (Phi) is 5.81. The Balaban J connectivity index is 1.70. The van der Waals surface area contributed by atoms with E-state index in [0.717, 1.165) is 0 Å². The van der Waals surface area contributed by atoms with E-state index in [0.29, 0.717) is 69.6 Å². The molecular formula is C24H26N8O3. The summed E-state index contributed by atoms with van der Waals surface area (Å²) in [6, 6.07) is 5.07. The summed E-state index contributed by atoms with van der Waals surface area (Å²) < 4.78 is 12.9. The predicted octanol–water partition coefficient (Wildman–Crippen LogP) is 3.66. The number of rotatable bonds is 8. The Morgan fingerprint density at radius 3 is 2.63 bits per heavy atom. The van der Waals surface area contributed by atoms with Gasteiger partial charge in [-0.1, -0.05) is 0 Å². The lowest BCUT2D eigenvalue weighted by atomic mass is 10.1. The lowest BCUT2D eigenvalue weighted by Crippen LogP contribution is -2.17. The van der Waals surface area contributed by atoms with Crippen molar-refractivity contribution in [2.45, 2.75) is 33.4 Å². The number of aryl methyl sites for hydroxylation is 1. The van der Waals surface area contributed by atoms with E-state index in [1.165, 1.54) is 0 Å². The lowest BCUT2D eigenvalue weighted by Gasteiger charge is -2.16. The number of hydrogen-bond acceptors (Lipinski definition) is 8. The highest BCUT2D eigenvalue weighted by atomic mass is 16.5. The second-order valence-corrected chi connectivity index (χ2v) is 7.96. The van der Waals surface area contributed by atoms with E-state index in [4.69, 9.17) is 14.5 Å². The van der Waals surface area contributed by atoms with Crippen molar-refractivity contribution in [3.63, 3.8) is 0 Å². The van der Waals surface area contributed by atoms with Crippen LogP contribution in [0.25, 0.3) is 33.5 Å². The molecule has 0 spiro atoms. The van der Waals surface area contributed by atoms with E-state index in [2.05, 4.69) is 30.4 Å². The quantitative estimate of drug-likeness (QED) is 0.310. The Hall–Kier alpha value is -4.41. The smallest absolute Gasteiger partial charge is 0.261 e. The van der Waals surface area contributed by atoms with Crippen LogP contribution < -0.4 is 20.3 Å². The zero-order valence-corrected chi connectivity index (χ0v) is 19.9.